The van der Waals surface area contributed by atoms with Crippen LogP contribution >= 0.6 is 0 Å². The van der Waals surface area contributed by atoms with Crippen LogP contribution in [0.1, 0.15) is 20.8 Å². The molecule has 0 aromatic heterocycles. The highest BCUT2D eigenvalue weighted by Gasteiger charge is 2.19. The minimum Gasteiger partial charge on any atom is -0.291 e. The lowest BCUT2D eigenvalue weighted by Gasteiger charge is -2.33. The summed E-state index contributed by atoms with van der Waals surface area (Å²) in [5.41, 5.74) is 5.20. The van der Waals surface area contributed by atoms with Crippen molar-refractivity contribution in [2.24, 2.45) is 0 Å². The second-order valence-corrected chi connectivity index (χ2v) is 3.26. The second-order valence-electron chi connectivity index (χ2n) is 3.26. The summed E-state index contributed by atoms with van der Waals surface area (Å²) in [6.07, 6.45) is 0. The van der Waals surface area contributed by atoms with Crippen molar-refractivity contribution >= 4 is 5.91 Å². The number of carbonyl (C=O) groups excluding carboxylic acids is 1. The van der Waals surface area contributed by atoms with E-state index in [4.69, 9.17) is 0 Å². The van der Waals surface area contributed by atoms with E-state index >= 15 is 0 Å². The van der Waals surface area contributed by atoms with E-state index in [1.165, 1.54) is 6.92 Å². The Kier molecular flexibility index (Phi) is 3.48. The van der Waals surface area contributed by atoms with Crippen molar-refractivity contribution < 1.29 is 4.79 Å². The molecule has 0 fully saturated rings. The first-order valence-corrected chi connectivity index (χ1v) is 3.57. The van der Waals surface area contributed by atoms with Crippen LogP contribution in [-0.4, -0.2) is 30.6 Å². The third-order valence-electron chi connectivity index (χ3n) is 1.66. The zero-order chi connectivity index (χ0) is 9.07. The SMILES string of the molecule is CC(=O)NNC(C)(C)N(C)C. The van der Waals surface area contributed by atoms with Gasteiger partial charge in [0.25, 0.3) is 0 Å². The maximum atomic E-state index is 10.5. The predicted octanol–water partition coefficient (Wildman–Crippen LogP) is -0.0752. The standard InChI is InChI=1S/C7H17N3O/c1-6(11)8-9-7(2,3)10(4)5/h9H,1-5H3,(H,8,11). The quantitative estimate of drug-likeness (QED) is 0.447. The molecule has 66 valence electrons. The van der Waals surface area contributed by atoms with Gasteiger partial charge in [0, 0.05) is 6.92 Å². The number of hydrogen-bond donors (Lipinski definition) is 2. The number of carbonyl (C=O) groups is 1. The molecule has 0 rings (SSSR count). The van der Waals surface area contributed by atoms with Crippen LogP contribution in [0.15, 0.2) is 0 Å². The smallest absolute Gasteiger partial charge is 0.231 e. The number of rotatable bonds is 3. The number of hydrazine groups is 1. The third-order valence-corrected chi connectivity index (χ3v) is 1.66. The van der Waals surface area contributed by atoms with Crippen molar-refractivity contribution in [3.8, 4) is 0 Å². The summed E-state index contributed by atoms with van der Waals surface area (Å²) in [4.78, 5) is 12.5. The Labute approximate surface area is 67.9 Å². The molecule has 0 saturated carbocycles. The Bertz CT molecular complexity index is 143. The highest BCUT2D eigenvalue weighted by atomic mass is 16.2. The molecule has 0 aliphatic heterocycles. The molecular weight excluding hydrogens is 142 g/mol. The molecule has 0 saturated heterocycles. The number of hydrogen-bond acceptors (Lipinski definition) is 3. The topological polar surface area (TPSA) is 44.4 Å². The van der Waals surface area contributed by atoms with Crippen LogP contribution < -0.4 is 10.9 Å². The third kappa shape index (κ3) is 3.95. The summed E-state index contributed by atoms with van der Waals surface area (Å²) < 4.78 is 0. The second kappa shape index (κ2) is 3.69. The molecule has 0 bridgehead atoms. The maximum Gasteiger partial charge on any atom is 0.231 e. The first kappa shape index (κ1) is 10.4. The molecule has 0 radical (unpaired) electrons. The molecule has 1 amide bonds. The van der Waals surface area contributed by atoms with Gasteiger partial charge in [0.05, 0.1) is 5.66 Å². The van der Waals surface area contributed by atoms with E-state index in [1.54, 1.807) is 0 Å². The fourth-order valence-corrected chi connectivity index (χ4v) is 0.353. The molecule has 0 aromatic rings. The first-order chi connectivity index (χ1) is 4.86. The van der Waals surface area contributed by atoms with E-state index in [1.807, 2.05) is 32.8 Å². The number of nitrogens with one attached hydrogen (secondary N) is 2. The predicted molar refractivity (Wildman–Crippen MR) is 44.7 cm³/mol. The molecule has 11 heavy (non-hydrogen) atoms. The number of nitrogens with zero attached hydrogens (tertiary/aromatic N) is 1. The summed E-state index contributed by atoms with van der Waals surface area (Å²) in [5.74, 6) is -0.0834. The van der Waals surface area contributed by atoms with Gasteiger partial charge >= 0.3 is 0 Å². The average molecular weight is 159 g/mol. The van der Waals surface area contributed by atoms with E-state index in [-0.39, 0.29) is 11.6 Å². The molecule has 0 aromatic carbocycles. The Morgan fingerprint density at radius 1 is 1.36 bits per heavy atom. The van der Waals surface area contributed by atoms with Gasteiger partial charge in [-0.25, -0.2) is 5.43 Å². The van der Waals surface area contributed by atoms with Crippen molar-refractivity contribution in [2.75, 3.05) is 14.1 Å². The summed E-state index contributed by atoms with van der Waals surface area (Å²) in [7, 11) is 3.88. The van der Waals surface area contributed by atoms with E-state index in [0.29, 0.717) is 0 Å². The monoisotopic (exact) mass is 159 g/mol. The first-order valence-electron chi connectivity index (χ1n) is 3.57. The van der Waals surface area contributed by atoms with Crippen molar-refractivity contribution in [1.29, 1.82) is 0 Å². The number of amides is 1. The van der Waals surface area contributed by atoms with Crippen LogP contribution in [0.5, 0.6) is 0 Å². The van der Waals surface area contributed by atoms with Crippen LogP contribution in [-0.2, 0) is 4.79 Å². The average Bonchev–Trinajstić information content (AvgIpc) is 1.84. The van der Waals surface area contributed by atoms with E-state index in [0.717, 1.165) is 0 Å². The van der Waals surface area contributed by atoms with Crippen molar-refractivity contribution in [3.63, 3.8) is 0 Å². The van der Waals surface area contributed by atoms with Gasteiger partial charge in [0.1, 0.15) is 0 Å². The van der Waals surface area contributed by atoms with E-state index < -0.39 is 0 Å². The summed E-state index contributed by atoms with van der Waals surface area (Å²) in [6, 6.07) is 0. The molecule has 0 aliphatic rings. The van der Waals surface area contributed by atoms with E-state index in [2.05, 4.69) is 10.9 Å². The molecule has 0 atom stereocenters. The van der Waals surface area contributed by atoms with Gasteiger partial charge in [0.2, 0.25) is 5.91 Å². The zero-order valence-electron chi connectivity index (χ0n) is 7.86. The molecule has 0 heterocycles. The lowest BCUT2D eigenvalue weighted by Crippen LogP contribution is -2.57. The Morgan fingerprint density at radius 3 is 2.09 bits per heavy atom. The molecule has 0 unspecified atom stereocenters. The van der Waals surface area contributed by atoms with Crippen LogP contribution in [0.3, 0.4) is 0 Å². The Morgan fingerprint density at radius 2 is 1.82 bits per heavy atom. The van der Waals surface area contributed by atoms with Gasteiger partial charge in [-0.05, 0) is 27.9 Å². The van der Waals surface area contributed by atoms with E-state index in [9.17, 15) is 4.79 Å². The van der Waals surface area contributed by atoms with Crippen LogP contribution in [0.25, 0.3) is 0 Å². The molecule has 2 N–H and O–H groups in total. The van der Waals surface area contributed by atoms with Crippen LogP contribution in [0.4, 0.5) is 0 Å². The fourth-order valence-electron chi connectivity index (χ4n) is 0.353. The summed E-state index contributed by atoms with van der Waals surface area (Å²) >= 11 is 0. The lowest BCUT2D eigenvalue weighted by atomic mass is 10.2. The largest absolute Gasteiger partial charge is 0.291 e. The van der Waals surface area contributed by atoms with Gasteiger partial charge in [-0.2, -0.15) is 0 Å². The van der Waals surface area contributed by atoms with Gasteiger partial charge < -0.3 is 0 Å². The van der Waals surface area contributed by atoms with Gasteiger partial charge in [-0.3, -0.25) is 15.1 Å². The maximum absolute atomic E-state index is 10.5. The normalized spacial score (nSPS) is 11.8. The van der Waals surface area contributed by atoms with Gasteiger partial charge in [-0.1, -0.05) is 0 Å². The molecule has 0 spiro atoms. The Hall–Kier alpha value is -0.610. The summed E-state index contributed by atoms with van der Waals surface area (Å²) in [6.45, 7) is 5.42. The van der Waals surface area contributed by atoms with Crippen molar-refractivity contribution in [2.45, 2.75) is 26.4 Å². The molecule has 4 nitrogen and oxygen atoms in total. The summed E-state index contributed by atoms with van der Waals surface area (Å²) in [5, 5.41) is 0. The molecular formula is C7H17N3O. The fraction of sp³-hybridized carbons (Fsp3) is 0.857. The van der Waals surface area contributed by atoms with Crippen LogP contribution in [0.2, 0.25) is 0 Å². The Balaban J connectivity index is 3.82. The molecule has 4 heteroatoms. The minimum absolute atomic E-state index is 0.0834. The zero-order valence-corrected chi connectivity index (χ0v) is 7.86. The highest BCUT2D eigenvalue weighted by molar-refractivity contribution is 5.72. The van der Waals surface area contributed by atoms with Gasteiger partial charge in [-0.15, -0.1) is 0 Å². The van der Waals surface area contributed by atoms with Gasteiger partial charge in [0.15, 0.2) is 0 Å². The molecule has 0 aliphatic carbocycles. The lowest BCUT2D eigenvalue weighted by molar-refractivity contribution is -0.121. The van der Waals surface area contributed by atoms with Crippen LogP contribution in [0, 0.1) is 0 Å². The van der Waals surface area contributed by atoms with Crippen molar-refractivity contribution in [1.82, 2.24) is 15.8 Å². The minimum atomic E-state index is -0.217. The highest BCUT2D eigenvalue weighted by Crippen LogP contribution is 2.02. The van der Waals surface area contributed by atoms with Crippen molar-refractivity contribution in [3.05, 3.63) is 0 Å².